The van der Waals surface area contributed by atoms with Gasteiger partial charge in [-0.1, -0.05) is 12.1 Å². The summed E-state index contributed by atoms with van der Waals surface area (Å²) in [5.74, 6) is -1.09. The molecule has 134 valence electrons. The smallest absolute Gasteiger partial charge is 0.404 e. The third-order valence-electron chi connectivity index (χ3n) is 3.65. The summed E-state index contributed by atoms with van der Waals surface area (Å²) in [5, 5.41) is 16.8. The van der Waals surface area contributed by atoms with Crippen LogP contribution >= 0.6 is 0 Å². The molecule has 26 heavy (non-hydrogen) atoms. The van der Waals surface area contributed by atoms with Crippen molar-refractivity contribution in [2.45, 2.75) is 13.1 Å². The summed E-state index contributed by atoms with van der Waals surface area (Å²) in [7, 11) is 0. The van der Waals surface area contributed by atoms with Crippen molar-refractivity contribution in [2.24, 2.45) is 0 Å². The Kier molecular flexibility index (Phi) is 5.12. The zero-order valence-corrected chi connectivity index (χ0v) is 13.5. The van der Waals surface area contributed by atoms with Gasteiger partial charge in [0, 0.05) is 29.5 Å². The molecule has 2 aromatic carbocycles. The molecule has 0 unspecified atom stereocenters. The van der Waals surface area contributed by atoms with Gasteiger partial charge in [-0.2, -0.15) is 0 Å². The first kappa shape index (κ1) is 17.4. The van der Waals surface area contributed by atoms with E-state index in [9.17, 15) is 18.9 Å². The predicted octanol–water partition coefficient (Wildman–Crippen LogP) is 4.69. The van der Waals surface area contributed by atoms with E-state index < -0.39 is 16.6 Å². The van der Waals surface area contributed by atoms with Gasteiger partial charge in [0.05, 0.1) is 12.6 Å². The molecule has 6 nitrogen and oxygen atoms in total. The number of nitrogens with one attached hydrogen (secondary N) is 2. The second-order valence-corrected chi connectivity index (χ2v) is 5.52. The maximum Gasteiger partial charge on any atom is 0.433 e. The van der Waals surface area contributed by atoms with Crippen molar-refractivity contribution in [2.75, 3.05) is 10.6 Å². The first-order valence-electron chi connectivity index (χ1n) is 7.76. The molecule has 0 aliphatic heterocycles. The van der Waals surface area contributed by atoms with E-state index in [1.807, 2.05) is 12.1 Å². The Labute approximate surface area is 147 Å². The normalized spacial score (nSPS) is 10.5. The third-order valence-corrected chi connectivity index (χ3v) is 3.65. The fourth-order valence-corrected chi connectivity index (χ4v) is 2.35. The largest absolute Gasteiger partial charge is 0.433 e. The third kappa shape index (κ3) is 4.35. The molecular formula is C18H15F2N3O3. The molecule has 3 rings (SSSR count). The molecule has 0 amide bonds. The fraction of sp³-hybridized carbons (Fsp3) is 0.111. The van der Waals surface area contributed by atoms with Crippen LogP contribution in [0.1, 0.15) is 11.3 Å². The molecular weight excluding hydrogens is 344 g/mol. The van der Waals surface area contributed by atoms with Crippen molar-refractivity contribution in [3.8, 4) is 0 Å². The summed E-state index contributed by atoms with van der Waals surface area (Å²) in [5.41, 5.74) is 1.85. The van der Waals surface area contributed by atoms with E-state index in [-0.39, 0.29) is 19.0 Å². The van der Waals surface area contributed by atoms with Crippen LogP contribution in [0.15, 0.2) is 59.0 Å². The second-order valence-electron chi connectivity index (χ2n) is 5.52. The van der Waals surface area contributed by atoms with E-state index in [1.165, 1.54) is 24.3 Å². The van der Waals surface area contributed by atoms with Crippen LogP contribution in [-0.4, -0.2) is 4.92 Å². The summed E-state index contributed by atoms with van der Waals surface area (Å²) in [6, 6.07) is 13.5. The van der Waals surface area contributed by atoms with E-state index in [4.69, 9.17) is 4.42 Å². The number of anilines is 2. The maximum atomic E-state index is 13.6. The quantitative estimate of drug-likeness (QED) is 0.472. The van der Waals surface area contributed by atoms with Crippen molar-refractivity contribution in [3.05, 3.63) is 87.7 Å². The number of rotatable bonds is 7. The first-order valence-corrected chi connectivity index (χ1v) is 7.76. The van der Waals surface area contributed by atoms with Gasteiger partial charge in [0.15, 0.2) is 0 Å². The number of benzene rings is 2. The molecule has 1 aromatic heterocycles. The zero-order valence-electron chi connectivity index (χ0n) is 13.5. The summed E-state index contributed by atoms with van der Waals surface area (Å²) in [6.07, 6.45) is 0. The summed E-state index contributed by atoms with van der Waals surface area (Å²) in [4.78, 5) is 10.0. The predicted molar refractivity (Wildman–Crippen MR) is 92.8 cm³/mol. The molecule has 0 saturated carbocycles. The van der Waals surface area contributed by atoms with Gasteiger partial charge in [-0.15, -0.1) is 0 Å². The van der Waals surface area contributed by atoms with Crippen molar-refractivity contribution < 1.29 is 18.1 Å². The van der Waals surface area contributed by atoms with Crippen LogP contribution in [0.25, 0.3) is 0 Å². The van der Waals surface area contributed by atoms with Crippen LogP contribution in [0, 0.1) is 21.7 Å². The number of nitro groups is 1. The van der Waals surface area contributed by atoms with E-state index in [0.717, 1.165) is 17.4 Å². The van der Waals surface area contributed by atoms with Gasteiger partial charge in [0.25, 0.3) is 0 Å². The van der Waals surface area contributed by atoms with Gasteiger partial charge in [-0.05, 0) is 30.3 Å². The van der Waals surface area contributed by atoms with Gasteiger partial charge in [-0.3, -0.25) is 10.1 Å². The Morgan fingerprint density at radius 3 is 2.35 bits per heavy atom. The minimum atomic E-state index is -0.615. The molecule has 2 N–H and O–H groups in total. The second kappa shape index (κ2) is 7.64. The van der Waals surface area contributed by atoms with E-state index in [0.29, 0.717) is 11.3 Å². The molecule has 1 heterocycles. The van der Waals surface area contributed by atoms with Gasteiger partial charge in [0.2, 0.25) is 0 Å². The Morgan fingerprint density at radius 2 is 1.69 bits per heavy atom. The lowest BCUT2D eigenvalue weighted by molar-refractivity contribution is -0.402. The highest BCUT2D eigenvalue weighted by molar-refractivity contribution is 5.56. The first-order chi connectivity index (χ1) is 12.5. The molecule has 0 atom stereocenters. The maximum absolute atomic E-state index is 13.6. The molecule has 3 aromatic rings. The Hall–Kier alpha value is -3.42. The zero-order chi connectivity index (χ0) is 18.5. The monoisotopic (exact) mass is 359 g/mol. The van der Waals surface area contributed by atoms with Crippen LogP contribution < -0.4 is 10.6 Å². The standard InChI is InChI=1S/C18H15F2N3O3/c19-13-5-4-12(17(20)8-13)10-21-14-2-1-3-15(9-14)22-11-16-6-7-18(26-16)23(24)25/h1-9,21-22H,10-11H2. The molecule has 0 fully saturated rings. The van der Waals surface area contributed by atoms with Crippen LogP contribution in [0.2, 0.25) is 0 Å². The van der Waals surface area contributed by atoms with E-state index >= 15 is 0 Å². The molecule has 0 bridgehead atoms. The van der Waals surface area contributed by atoms with E-state index in [1.54, 1.807) is 12.1 Å². The highest BCUT2D eigenvalue weighted by atomic mass is 19.1. The van der Waals surface area contributed by atoms with E-state index in [2.05, 4.69) is 10.6 Å². The molecule has 0 saturated heterocycles. The van der Waals surface area contributed by atoms with Crippen molar-refractivity contribution in [3.63, 3.8) is 0 Å². The lowest BCUT2D eigenvalue weighted by atomic mass is 10.2. The minimum absolute atomic E-state index is 0.208. The van der Waals surface area contributed by atoms with Crippen LogP contribution in [-0.2, 0) is 13.1 Å². The summed E-state index contributed by atoms with van der Waals surface area (Å²) in [6.45, 7) is 0.490. The van der Waals surface area contributed by atoms with Gasteiger partial charge in [0.1, 0.15) is 22.3 Å². The van der Waals surface area contributed by atoms with Crippen molar-refractivity contribution >= 4 is 17.3 Å². The van der Waals surface area contributed by atoms with Gasteiger partial charge >= 0.3 is 5.88 Å². The molecule has 0 radical (unpaired) electrons. The number of hydrogen-bond donors (Lipinski definition) is 2. The number of furan rings is 1. The average Bonchev–Trinajstić information content (AvgIpc) is 3.09. The topological polar surface area (TPSA) is 80.3 Å². The van der Waals surface area contributed by atoms with Gasteiger partial charge < -0.3 is 15.1 Å². The number of nitrogens with zero attached hydrogens (tertiary/aromatic N) is 1. The minimum Gasteiger partial charge on any atom is -0.404 e. The van der Waals surface area contributed by atoms with Gasteiger partial charge in [-0.25, -0.2) is 8.78 Å². The molecule has 0 spiro atoms. The fourth-order valence-electron chi connectivity index (χ4n) is 2.35. The highest BCUT2D eigenvalue weighted by Gasteiger charge is 2.11. The van der Waals surface area contributed by atoms with Crippen LogP contribution in [0.3, 0.4) is 0 Å². The Morgan fingerprint density at radius 1 is 0.962 bits per heavy atom. The van der Waals surface area contributed by atoms with Crippen molar-refractivity contribution in [1.82, 2.24) is 0 Å². The van der Waals surface area contributed by atoms with Crippen LogP contribution in [0.5, 0.6) is 0 Å². The Bertz CT molecular complexity index is 928. The molecule has 0 aliphatic carbocycles. The number of hydrogen-bond acceptors (Lipinski definition) is 5. The average molecular weight is 359 g/mol. The molecule has 8 heteroatoms. The molecule has 0 aliphatic rings. The summed E-state index contributed by atoms with van der Waals surface area (Å²) >= 11 is 0. The Balaban J connectivity index is 1.59. The lowest BCUT2D eigenvalue weighted by Gasteiger charge is -2.10. The summed E-state index contributed by atoms with van der Waals surface area (Å²) < 4.78 is 31.6. The highest BCUT2D eigenvalue weighted by Crippen LogP contribution is 2.20. The SMILES string of the molecule is O=[N+]([O-])c1ccc(CNc2cccc(NCc3ccc(F)cc3F)c2)o1. The van der Waals surface area contributed by atoms with Crippen LogP contribution in [0.4, 0.5) is 26.0 Å². The lowest BCUT2D eigenvalue weighted by Crippen LogP contribution is -2.03. The number of halogens is 2. The van der Waals surface area contributed by atoms with Crippen molar-refractivity contribution in [1.29, 1.82) is 0 Å².